The predicted molar refractivity (Wildman–Crippen MR) is 129 cm³/mol. The van der Waals surface area contributed by atoms with E-state index in [0.29, 0.717) is 23.1 Å². The van der Waals surface area contributed by atoms with E-state index >= 15 is 0 Å². The van der Waals surface area contributed by atoms with Crippen LogP contribution in [-0.4, -0.2) is 28.8 Å². The van der Waals surface area contributed by atoms with Crippen LogP contribution >= 0.6 is 0 Å². The number of carbonyl (C=O) groups is 1. The molecule has 4 aliphatic rings. The second kappa shape index (κ2) is 8.57. The van der Waals surface area contributed by atoms with Crippen LogP contribution in [0.2, 0.25) is 0 Å². The van der Waals surface area contributed by atoms with Crippen molar-refractivity contribution in [1.29, 1.82) is 0 Å². The van der Waals surface area contributed by atoms with Gasteiger partial charge in [-0.25, -0.2) is 0 Å². The third kappa shape index (κ3) is 3.99. The molecule has 0 aliphatic heterocycles. The Balaban J connectivity index is 1.11. The summed E-state index contributed by atoms with van der Waals surface area (Å²) in [7, 11) is 0. The van der Waals surface area contributed by atoms with E-state index < -0.39 is 0 Å². The number of nitrogens with zero attached hydrogens (tertiary/aromatic N) is 2. The number of ether oxygens (including phenoxy) is 1. The topological polar surface area (TPSA) is 77.2 Å². The molecule has 0 saturated heterocycles. The van der Waals surface area contributed by atoms with Crippen LogP contribution in [0.4, 0.5) is 0 Å². The molecule has 0 unspecified atom stereocenters. The minimum absolute atomic E-state index is 0.0343. The van der Waals surface area contributed by atoms with Crippen LogP contribution in [0.1, 0.15) is 45.4 Å². The second-order valence-corrected chi connectivity index (χ2v) is 10.6. The van der Waals surface area contributed by atoms with Crippen LogP contribution in [0, 0.1) is 23.2 Å². The zero-order valence-electron chi connectivity index (χ0n) is 19.6. The SMILES string of the molecule is C[C@H](NC(=O)COc1ccccc1-c1nnc(-c2ccccc2)o1)C12CC3CC(CC(C3)C1)C2. The molecular formula is C28H31N3O3. The Hall–Kier alpha value is -3.15. The van der Waals surface area contributed by atoms with E-state index in [1.165, 1.54) is 38.5 Å². The van der Waals surface area contributed by atoms with Crippen LogP contribution in [0.15, 0.2) is 59.0 Å². The fraction of sp³-hybridized carbons (Fsp3) is 0.464. The first kappa shape index (κ1) is 21.4. The molecule has 0 spiro atoms. The number of hydrogen-bond donors (Lipinski definition) is 1. The smallest absolute Gasteiger partial charge is 0.258 e. The highest BCUT2D eigenvalue weighted by Crippen LogP contribution is 2.61. The number of benzene rings is 2. The van der Waals surface area contributed by atoms with Crippen molar-refractivity contribution in [2.45, 2.75) is 51.5 Å². The van der Waals surface area contributed by atoms with E-state index in [1.807, 2.05) is 54.6 Å². The van der Waals surface area contributed by atoms with Gasteiger partial charge < -0.3 is 14.5 Å². The largest absolute Gasteiger partial charge is 0.483 e. The van der Waals surface area contributed by atoms with Gasteiger partial charge in [0, 0.05) is 11.6 Å². The van der Waals surface area contributed by atoms with Crippen LogP contribution in [-0.2, 0) is 4.79 Å². The zero-order chi connectivity index (χ0) is 23.1. The van der Waals surface area contributed by atoms with Crippen LogP contribution in [0.25, 0.3) is 22.9 Å². The summed E-state index contributed by atoms with van der Waals surface area (Å²) in [6.07, 6.45) is 8.02. The lowest BCUT2D eigenvalue weighted by Crippen LogP contribution is -2.56. The minimum Gasteiger partial charge on any atom is -0.483 e. The second-order valence-electron chi connectivity index (χ2n) is 10.6. The van der Waals surface area contributed by atoms with Gasteiger partial charge in [-0.05, 0) is 92.9 Å². The standard InChI is InChI=1S/C28H31N3O3/c1-18(28-14-19-11-20(15-28)13-21(12-19)16-28)29-25(32)17-33-24-10-6-5-9-23(24)27-31-30-26(34-27)22-7-3-2-4-8-22/h2-10,18-21H,11-17H2,1H3,(H,29,32)/t18-,19?,20?,21?,28?/m0/s1. The summed E-state index contributed by atoms with van der Waals surface area (Å²) in [5.74, 6) is 3.90. The summed E-state index contributed by atoms with van der Waals surface area (Å²) in [5.41, 5.74) is 1.82. The maximum atomic E-state index is 12.9. The van der Waals surface area contributed by atoms with Crippen LogP contribution < -0.4 is 10.1 Å². The lowest BCUT2D eigenvalue weighted by molar-refractivity contribution is -0.127. The van der Waals surface area contributed by atoms with E-state index in [2.05, 4.69) is 22.4 Å². The highest BCUT2D eigenvalue weighted by Gasteiger charge is 2.53. The van der Waals surface area contributed by atoms with Gasteiger partial charge >= 0.3 is 0 Å². The first-order chi connectivity index (χ1) is 16.6. The third-order valence-corrected chi connectivity index (χ3v) is 8.30. The average molecular weight is 458 g/mol. The maximum absolute atomic E-state index is 12.9. The van der Waals surface area contributed by atoms with Crippen molar-refractivity contribution in [3.8, 4) is 28.7 Å². The molecule has 4 saturated carbocycles. The monoisotopic (exact) mass is 457 g/mol. The Morgan fingerprint density at radius 3 is 2.29 bits per heavy atom. The molecule has 1 aromatic heterocycles. The molecule has 4 bridgehead atoms. The van der Waals surface area contributed by atoms with E-state index in [4.69, 9.17) is 9.15 Å². The number of hydrogen-bond acceptors (Lipinski definition) is 5. The molecule has 6 nitrogen and oxygen atoms in total. The van der Waals surface area contributed by atoms with Crippen molar-refractivity contribution in [1.82, 2.24) is 15.5 Å². The molecule has 1 heterocycles. The van der Waals surface area contributed by atoms with Crippen LogP contribution in [0.5, 0.6) is 5.75 Å². The van der Waals surface area contributed by atoms with Crippen molar-refractivity contribution in [3.63, 3.8) is 0 Å². The molecule has 4 aliphatic carbocycles. The molecule has 4 fully saturated rings. The summed E-state index contributed by atoms with van der Waals surface area (Å²) in [5, 5.41) is 11.7. The molecule has 6 heteroatoms. The number of amides is 1. The lowest BCUT2D eigenvalue weighted by Gasteiger charge is -2.59. The summed E-state index contributed by atoms with van der Waals surface area (Å²) in [6.45, 7) is 2.16. The molecule has 34 heavy (non-hydrogen) atoms. The average Bonchev–Trinajstić information content (AvgIpc) is 3.33. The number of para-hydroxylation sites is 1. The normalized spacial score (nSPS) is 28.0. The molecule has 1 atom stereocenters. The first-order valence-corrected chi connectivity index (χ1v) is 12.5. The van der Waals surface area contributed by atoms with Gasteiger partial charge in [0.1, 0.15) is 5.75 Å². The molecular weight excluding hydrogens is 426 g/mol. The summed E-state index contributed by atoms with van der Waals surface area (Å²) in [4.78, 5) is 12.9. The van der Waals surface area contributed by atoms with E-state index in [-0.39, 0.29) is 24.0 Å². The number of nitrogens with one attached hydrogen (secondary N) is 1. The Morgan fingerprint density at radius 2 is 1.59 bits per heavy atom. The highest BCUT2D eigenvalue weighted by atomic mass is 16.5. The molecule has 7 rings (SSSR count). The quantitative estimate of drug-likeness (QED) is 0.507. The lowest BCUT2D eigenvalue weighted by atomic mass is 9.48. The molecule has 0 radical (unpaired) electrons. The molecule has 1 amide bonds. The molecule has 176 valence electrons. The van der Waals surface area contributed by atoms with Gasteiger partial charge in [-0.2, -0.15) is 0 Å². The Labute approximate surface area is 200 Å². The summed E-state index contributed by atoms with van der Waals surface area (Å²) < 4.78 is 11.9. The summed E-state index contributed by atoms with van der Waals surface area (Å²) in [6, 6.07) is 17.3. The Kier molecular flexibility index (Phi) is 5.39. The van der Waals surface area contributed by atoms with E-state index in [1.54, 1.807) is 0 Å². The van der Waals surface area contributed by atoms with Gasteiger partial charge in [-0.1, -0.05) is 30.3 Å². The van der Waals surface area contributed by atoms with Gasteiger partial charge in [-0.15, -0.1) is 10.2 Å². The number of aromatic nitrogens is 2. The first-order valence-electron chi connectivity index (χ1n) is 12.5. The maximum Gasteiger partial charge on any atom is 0.258 e. The van der Waals surface area contributed by atoms with Crippen molar-refractivity contribution in [2.24, 2.45) is 23.2 Å². The van der Waals surface area contributed by atoms with Gasteiger partial charge in [0.05, 0.1) is 5.56 Å². The number of carbonyl (C=O) groups excluding carboxylic acids is 1. The molecule has 3 aromatic rings. The minimum atomic E-state index is -0.0754. The Morgan fingerprint density at radius 1 is 0.971 bits per heavy atom. The third-order valence-electron chi connectivity index (χ3n) is 8.30. The van der Waals surface area contributed by atoms with Gasteiger partial charge in [0.25, 0.3) is 11.8 Å². The van der Waals surface area contributed by atoms with Crippen molar-refractivity contribution in [3.05, 3.63) is 54.6 Å². The predicted octanol–water partition coefficient (Wildman–Crippen LogP) is 5.50. The highest BCUT2D eigenvalue weighted by molar-refractivity contribution is 5.78. The van der Waals surface area contributed by atoms with Crippen molar-refractivity contribution in [2.75, 3.05) is 6.61 Å². The zero-order valence-corrected chi connectivity index (χ0v) is 19.6. The van der Waals surface area contributed by atoms with E-state index in [0.717, 1.165) is 23.3 Å². The van der Waals surface area contributed by atoms with Crippen molar-refractivity contribution < 1.29 is 13.9 Å². The fourth-order valence-electron chi connectivity index (χ4n) is 7.09. The van der Waals surface area contributed by atoms with Crippen molar-refractivity contribution >= 4 is 5.91 Å². The van der Waals surface area contributed by atoms with Crippen LogP contribution in [0.3, 0.4) is 0 Å². The van der Waals surface area contributed by atoms with Gasteiger partial charge in [0.15, 0.2) is 6.61 Å². The number of rotatable bonds is 7. The Bertz CT molecular complexity index is 1140. The fourth-order valence-corrected chi connectivity index (χ4v) is 7.09. The van der Waals surface area contributed by atoms with E-state index in [9.17, 15) is 4.79 Å². The molecule has 2 aromatic carbocycles. The molecule has 1 N–H and O–H groups in total. The summed E-state index contributed by atoms with van der Waals surface area (Å²) >= 11 is 0. The van der Waals surface area contributed by atoms with Gasteiger partial charge in [-0.3, -0.25) is 4.79 Å². The van der Waals surface area contributed by atoms with Gasteiger partial charge in [0.2, 0.25) is 5.89 Å².